The van der Waals surface area contributed by atoms with Gasteiger partial charge in [0.2, 0.25) is 0 Å². The largest absolute Gasteiger partial charge is 0.339 e. The molecule has 0 unspecified atom stereocenters. The van der Waals surface area contributed by atoms with Gasteiger partial charge in [-0.15, -0.1) is 0 Å². The lowest BCUT2D eigenvalue weighted by atomic mass is 10.1. The minimum Gasteiger partial charge on any atom is -0.339 e. The van der Waals surface area contributed by atoms with Crippen molar-refractivity contribution in [3.63, 3.8) is 0 Å². The number of sulfonamides is 1. The minimum absolute atomic E-state index is 0.0745. The zero-order chi connectivity index (χ0) is 20.0. The van der Waals surface area contributed by atoms with Crippen molar-refractivity contribution in [3.05, 3.63) is 83.8 Å². The van der Waals surface area contributed by atoms with Crippen LogP contribution in [0.4, 0.5) is 0 Å². The Balaban J connectivity index is 1.86. The first-order valence-corrected chi connectivity index (χ1v) is 11.0. The topological polar surface area (TPSA) is 55.2 Å². The second kappa shape index (κ2) is 9.17. The molecule has 3 aromatic rings. The van der Waals surface area contributed by atoms with Crippen LogP contribution in [-0.2, 0) is 36.6 Å². The van der Waals surface area contributed by atoms with Crippen LogP contribution in [0.1, 0.15) is 36.5 Å². The van der Waals surface area contributed by atoms with Crippen LogP contribution in [0.15, 0.2) is 72.1 Å². The van der Waals surface area contributed by atoms with Gasteiger partial charge in [-0.05, 0) is 29.5 Å². The molecule has 1 aromatic heterocycles. The molecule has 0 fully saturated rings. The van der Waals surface area contributed by atoms with E-state index in [2.05, 4.69) is 24.0 Å². The fourth-order valence-corrected chi connectivity index (χ4v) is 4.45. The highest BCUT2D eigenvalue weighted by Gasteiger charge is 2.27. The first kappa shape index (κ1) is 20.3. The summed E-state index contributed by atoms with van der Waals surface area (Å²) in [6.45, 7) is 2.79. The highest BCUT2D eigenvalue weighted by Crippen LogP contribution is 2.20. The fraction of sp³-hybridized carbons (Fsp3) is 0.318. The van der Waals surface area contributed by atoms with Crippen LogP contribution in [-0.4, -0.2) is 22.3 Å². The van der Waals surface area contributed by atoms with Gasteiger partial charge in [-0.25, -0.2) is 13.4 Å². The third-order valence-corrected chi connectivity index (χ3v) is 6.37. The Labute approximate surface area is 167 Å². The molecule has 0 amide bonds. The van der Waals surface area contributed by atoms with Crippen molar-refractivity contribution in [3.8, 4) is 0 Å². The summed E-state index contributed by atoms with van der Waals surface area (Å²) in [5.41, 5.74) is 3.20. The molecule has 148 valence electrons. The van der Waals surface area contributed by atoms with E-state index in [4.69, 9.17) is 0 Å². The first-order chi connectivity index (χ1) is 13.5. The van der Waals surface area contributed by atoms with Crippen LogP contribution in [0.25, 0.3) is 0 Å². The van der Waals surface area contributed by atoms with Crippen molar-refractivity contribution in [2.45, 2.75) is 44.3 Å². The van der Waals surface area contributed by atoms with Gasteiger partial charge in [0.15, 0.2) is 5.03 Å². The number of imidazole rings is 1. The summed E-state index contributed by atoms with van der Waals surface area (Å²) in [4.78, 5) is 4.07. The van der Waals surface area contributed by atoms with Gasteiger partial charge in [-0.2, -0.15) is 4.31 Å². The lowest BCUT2D eigenvalue weighted by Crippen LogP contribution is -2.30. The van der Waals surface area contributed by atoms with Crippen LogP contribution < -0.4 is 0 Å². The van der Waals surface area contributed by atoms with Crippen LogP contribution in [0.5, 0.6) is 0 Å². The lowest BCUT2D eigenvalue weighted by Gasteiger charge is -2.21. The summed E-state index contributed by atoms with van der Waals surface area (Å²) in [6.07, 6.45) is 6.43. The molecule has 3 rings (SSSR count). The van der Waals surface area contributed by atoms with E-state index >= 15 is 0 Å². The van der Waals surface area contributed by atoms with Gasteiger partial charge in [0.1, 0.15) is 0 Å². The molecule has 1 heterocycles. The Morgan fingerprint density at radius 3 is 2.11 bits per heavy atom. The molecule has 5 nitrogen and oxygen atoms in total. The van der Waals surface area contributed by atoms with Crippen molar-refractivity contribution in [1.29, 1.82) is 0 Å². The number of aromatic nitrogens is 2. The molecule has 0 aliphatic rings. The predicted molar refractivity (Wildman–Crippen MR) is 111 cm³/mol. The van der Waals surface area contributed by atoms with Gasteiger partial charge >= 0.3 is 0 Å². The number of rotatable bonds is 9. The molecule has 0 atom stereocenters. The van der Waals surface area contributed by atoms with Crippen molar-refractivity contribution >= 4 is 10.0 Å². The maximum atomic E-state index is 13.2. The number of unbranched alkanes of at least 4 members (excludes halogenated alkanes) is 1. The van der Waals surface area contributed by atoms with Crippen LogP contribution in [0, 0.1) is 0 Å². The molecule has 0 N–H and O–H groups in total. The Kier molecular flexibility index (Phi) is 6.65. The maximum absolute atomic E-state index is 13.2. The molecule has 0 spiro atoms. The van der Waals surface area contributed by atoms with Crippen LogP contribution in [0.2, 0.25) is 0 Å². The van der Waals surface area contributed by atoms with Crippen molar-refractivity contribution < 1.29 is 8.42 Å². The van der Waals surface area contributed by atoms with E-state index < -0.39 is 10.0 Å². The summed E-state index contributed by atoms with van der Waals surface area (Å²) in [7, 11) is -1.93. The molecule has 28 heavy (non-hydrogen) atoms. The molecule has 0 bridgehead atoms. The third-order valence-electron chi connectivity index (χ3n) is 4.69. The number of benzene rings is 2. The van der Waals surface area contributed by atoms with Gasteiger partial charge in [-0.1, -0.05) is 67.9 Å². The number of aryl methyl sites for hydroxylation is 2. The predicted octanol–water partition coefficient (Wildman–Crippen LogP) is 4.15. The Morgan fingerprint density at radius 2 is 1.54 bits per heavy atom. The van der Waals surface area contributed by atoms with E-state index in [0.717, 1.165) is 30.4 Å². The van der Waals surface area contributed by atoms with E-state index in [9.17, 15) is 8.42 Å². The number of nitrogens with zero attached hydrogens (tertiary/aromatic N) is 3. The van der Waals surface area contributed by atoms with E-state index in [1.54, 1.807) is 17.8 Å². The van der Waals surface area contributed by atoms with Crippen molar-refractivity contribution in [2.75, 3.05) is 0 Å². The summed E-state index contributed by atoms with van der Waals surface area (Å²) in [5, 5.41) is 0.0745. The normalized spacial score (nSPS) is 11.8. The highest BCUT2D eigenvalue weighted by molar-refractivity contribution is 7.89. The number of hydrogen-bond donors (Lipinski definition) is 0. The fourth-order valence-electron chi connectivity index (χ4n) is 3.06. The van der Waals surface area contributed by atoms with E-state index in [0.29, 0.717) is 13.1 Å². The minimum atomic E-state index is -3.70. The number of hydrogen-bond acceptors (Lipinski definition) is 3. The van der Waals surface area contributed by atoms with Gasteiger partial charge in [-0.3, -0.25) is 0 Å². The van der Waals surface area contributed by atoms with Gasteiger partial charge in [0.05, 0.1) is 6.33 Å². The Bertz CT molecular complexity index is 980. The monoisotopic (exact) mass is 397 g/mol. The maximum Gasteiger partial charge on any atom is 0.262 e. The molecule has 0 saturated carbocycles. The van der Waals surface area contributed by atoms with E-state index in [-0.39, 0.29) is 5.03 Å². The lowest BCUT2D eigenvalue weighted by molar-refractivity contribution is 0.399. The first-order valence-electron chi connectivity index (χ1n) is 9.59. The molecule has 6 heteroatoms. The molecule has 0 aliphatic heterocycles. The van der Waals surface area contributed by atoms with Crippen molar-refractivity contribution in [2.24, 2.45) is 7.05 Å². The molecule has 0 radical (unpaired) electrons. The standard InChI is InChI=1S/C22H27N3O2S/c1-3-4-8-19-11-13-21(14-12-19)16-25(15-20-9-6-5-7-10-20)28(26,27)22-17-24(2)18-23-22/h5-7,9-14,17-18H,3-4,8,15-16H2,1-2H3. The second-order valence-electron chi connectivity index (χ2n) is 7.06. The molecular weight excluding hydrogens is 370 g/mol. The average molecular weight is 398 g/mol. The smallest absolute Gasteiger partial charge is 0.262 e. The van der Waals surface area contributed by atoms with E-state index in [1.165, 1.54) is 16.2 Å². The van der Waals surface area contributed by atoms with Crippen LogP contribution >= 0.6 is 0 Å². The molecule has 0 saturated heterocycles. The zero-order valence-electron chi connectivity index (χ0n) is 16.5. The average Bonchev–Trinajstić information content (AvgIpc) is 3.15. The SMILES string of the molecule is CCCCc1ccc(CN(Cc2ccccc2)S(=O)(=O)c2cn(C)cn2)cc1. The molecular formula is C22H27N3O2S. The van der Waals surface area contributed by atoms with Gasteiger partial charge < -0.3 is 4.57 Å². The molecule has 2 aromatic carbocycles. The second-order valence-corrected chi connectivity index (χ2v) is 8.94. The summed E-state index contributed by atoms with van der Waals surface area (Å²) in [6, 6.07) is 17.9. The highest BCUT2D eigenvalue weighted by atomic mass is 32.2. The summed E-state index contributed by atoms with van der Waals surface area (Å²) < 4.78 is 29.6. The van der Waals surface area contributed by atoms with Gasteiger partial charge in [0, 0.05) is 26.3 Å². The quantitative estimate of drug-likeness (QED) is 0.545. The Hall–Kier alpha value is -2.44. The third kappa shape index (κ3) is 5.09. The van der Waals surface area contributed by atoms with Gasteiger partial charge in [0.25, 0.3) is 10.0 Å². The van der Waals surface area contributed by atoms with Crippen molar-refractivity contribution in [1.82, 2.24) is 13.9 Å². The molecule has 0 aliphatic carbocycles. The summed E-state index contributed by atoms with van der Waals surface area (Å²) in [5.74, 6) is 0. The zero-order valence-corrected chi connectivity index (χ0v) is 17.3. The summed E-state index contributed by atoms with van der Waals surface area (Å²) >= 11 is 0. The van der Waals surface area contributed by atoms with E-state index in [1.807, 2.05) is 42.5 Å². The Morgan fingerprint density at radius 1 is 0.929 bits per heavy atom. The van der Waals surface area contributed by atoms with Crippen LogP contribution in [0.3, 0.4) is 0 Å².